The molecule has 0 saturated heterocycles. The van der Waals surface area contributed by atoms with Gasteiger partial charge in [0.2, 0.25) is 5.91 Å². The van der Waals surface area contributed by atoms with Gasteiger partial charge in [-0.15, -0.1) is 11.8 Å². The summed E-state index contributed by atoms with van der Waals surface area (Å²) >= 11 is 7.31. The summed E-state index contributed by atoms with van der Waals surface area (Å²) in [6.07, 6.45) is -0.702. The van der Waals surface area contributed by atoms with E-state index >= 15 is 0 Å². The molecule has 2 N–H and O–H groups in total. The van der Waals surface area contributed by atoms with Crippen molar-refractivity contribution in [2.45, 2.75) is 17.4 Å². The molecule has 0 radical (unpaired) electrons. The highest BCUT2D eigenvalue weighted by atomic mass is 35.5. The van der Waals surface area contributed by atoms with E-state index in [1.54, 1.807) is 12.1 Å². The van der Waals surface area contributed by atoms with Gasteiger partial charge in [-0.3, -0.25) is 4.79 Å². The molecule has 0 fully saturated rings. The lowest BCUT2D eigenvalue weighted by Crippen LogP contribution is -2.37. The first-order valence-corrected chi connectivity index (χ1v) is 7.30. The number of halogens is 1. The maximum Gasteiger partial charge on any atom is 0.334 e. The highest BCUT2D eigenvalue weighted by Gasteiger charge is 2.16. The van der Waals surface area contributed by atoms with Crippen LogP contribution in [0, 0.1) is 0 Å². The topological polar surface area (TPSA) is 75.6 Å². The van der Waals surface area contributed by atoms with Gasteiger partial charge in [0, 0.05) is 29.2 Å². The molecule has 0 aliphatic carbocycles. The third kappa shape index (κ3) is 6.27. The summed E-state index contributed by atoms with van der Waals surface area (Å²) in [4.78, 5) is 23.2. The number of carboxylic acid groups (broad SMARTS) is 1. The lowest BCUT2D eigenvalue weighted by molar-refractivity contribution is -0.148. The molecule has 1 unspecified atom stereocenters. The van der Waals surface area contributed by atoms with Crippen LogP contribution in [-0.2, 0) is 14.3 Å². The zero-order chi connectivity index (χ0) is 15.0. The monoisotopic (exact) mass is 317 g/mol. The van der Waals surface area contributed by atoms with Gasteiger partial charge in [0.1, 0.15) is 0 Å². The number of amides is 1. The number of hydrogen-bond acceptors (Lipinski definition) is 4. The summed E-state index contributed by atoms with van der Waals surface area (Å²) in [5.74, 6) is -0.684. The van der Waals surface area contributed by atoms with Crippen LogP contribution < -0.4 is 5.32 Å². The molecule has 110 valence electrons. The Morgan fingerprint density at radius 2 is 2.05 bits per heavy atom. The van der Waals surface area contributed by atoms with Gasteiger partial charge in [-0.05, 0) is 24.3 Å². The van der Waals surface area contributed by atoms with Crippen molar-refractivity contribution in [3.63, 3.8) is 0 Å². The van der Waals surface area contributed by atoms with Crippen molar-refractivity contribution in [3.8, 4) is 0 Å². The summed E-state index contributed by atoms with van der Waals surface area (Å²) in [5, 5.41) is 11.9. The Balaban J connectivity index is 2.23. The third-order valence-electron chi connectivity index (χ3n) is 2.46. The van der Waals surface area contributed by atoms with E-state index in [0.29, 0.717) is 17.2 Å². The number of methoxy groups -OCH3 is 1. The number of benzene rings is 1. The molecule has 1 aromatic carbocycles. The summed E-state index contributed by atoms with van der Waals surface area (Å²) in [7, 11) is 1.29. The fourth-order valence-electron chi connectivity index (χ4n) is 1.36. The molecule has 1 rings (SSSR count). The van der Waals surface area contributed by atoms with Crippen molar-refractivity contribution >= 4 is 35.2 Å². The largest absolute Gasteiger partial charge is 0.479 e. The quantitative estimate of drug-likeness (QED) is 0.718. The lowest BCUT2D eigenvalue weighted by Gasteiger charge is -2.11. The van der Waals surface area contributed by atoms with E-state index in [4.69, 9.17) is 21.4 Å². The van der Waals surface area contributed by atoms with E-state index in [-0.39, 0.29) is 12.5 Å². The van der Waals surface area contributed by atoms with Gasteiger partial charge >= 0.3 is 5.97 Å². The minimum Gasteiger partial charge on any atom is -0.479 e. The zero-order valence-electron chi connectivity index (χ0n) is 11.0. The molecule has 1 amide bonds. The number of carbonyl (C=O) groups excluding carboxylic acids is 1. The van der Waals surface area contributed by atoms with Gasteiger partial charge in [0.15, 0.2) is 6.10 Å². The highest BCUT2D eigenvalue weighted by molar-refractivity contribution is 7.99. The normalized spacial score (nSPS) is 11.9. The van der Waals surface area contributed by atoms with Crippen LogP contribution in [0.2, 0.25) is 5.02 Å². The molecule has 7 heteroatoms. The van der Waals surface area contributed by atoms with E-state index < -0.39 is 12.1 Å². The van der Waals surface area contributed by atoms with E-state index in [1.165, 1.54) is 18.9 Å². The van der Waals surface area contributed by atoms with E-state index in [2.05, 4.69) is 5.32 Å². The number of carbonyl (C=O) groups is 2. The molecule has 0 bridgehead atoms. The van der Waals surface area contributed by atoms with E-state index in [1.807, 2.05) is 12.1 Å². The standard InChI is InChI=1S/C13H16ClNO4S/c1-19-11(13(17)18)8-15-12(16)6-7-20-10-4-2-9(14)3-5-10/h2-5,11H,6-8H2,1H3,(H,15,16)(H,17,18). The number of aliphatic carboxylic acids is 1. The first-order valence-electron chi connectivity index (χ1n) is 5.93. The zero-order valence-corrected chi connectivity index (χ0v) is 12.5. The summed E-state index contributed by atoms with van der Waals surface area (Å²) < 4.78 is 4.72. The van der Waals surface area contributed by atoms with Gasteiger partial charge in [0.25, 0.3) is 0 Å². The van der Waals surface area contributed by atoms with Crippen molar-refractivity contribution in [2.24, 2.45) is 0 Å². The molecule has 0 aliphatic rings. The van der Waals surface area contributed by atoms with Crippen molar-refractivity contribution in [1.29, 1.82) is 0 Å². The minimum absolute atomic E-state index is 0.0315. The van der Waals surface area contributed by atoms with Crippen LogP contribution in [0.15, 0.2) is 29.2 Å². The first-order chi connectivity index (χ1) is 9.52. The van der Waals surface area contributed by atoms with Gasteiger partial charge < -0.3 is 15.2 Å². The Morgan fingerprint density at radius 3 is 2.60 bits per heavy atom. The van der Waals surface area contributed by atoms with Gasteiger partial charge in [-0.2, -0.15) is 0 Å². The van der Waals surface area contributed by atoms with Gasteiger partial charge in [-0.25, -0.2) is 4.79 Å². The molecule has 1 aromatic rings. The Morgan fingerprint density at radius 1 is 1.40 bits per heavy atom. The van der Waals surface area contributed by atoms with Crippen LogP contribution in [0.4, 0.5) is 0 Å². The van der Waals surface area contributed by atoms with Crippen molar-refractivity contribution in [2.75, 3.05) is 19.4 Å². The first kappa shape index (κ1) is 16.8. The second kappa shape index (κ2) is 8.84. The molecule has 1 atom stereocenters. The molecule has 20 heavy (non-hydrogen) atoms. The number of carboxylic acids is 1. The predicted octanol–water partition coefficient (Wildman–Crippen LogP) is 2.04. The Bertz CT molecular complexity index is 452. The molecule has 0 aromatic heterocycles. The number of thioether (sulfide) groups is 1. The third-order valence-corrected chi connectivity index (χ3v) is 3.72. The fourth-order valence-corrected chi connectivity index (χ4v) is 2.34. The summed E-state index contributed by atoms with van der Waals surface area (Å²) in [6.45, 7) is -0.0315. The number of ether oxygens (including phenoxy) is 1. The maximum atomic E-state index is 11.5. The van der Waals surface area contributed by atoms with Gasteiger partial charge in [0.05, 0.1) is 6.54 Å². The van der Waals surface area contributed by atoms with E-state index in [9.17, 15) is 9.59 Å². The second-order valence-corrected chi connectivity index (χ2v) is 5.52. The molecule has 0 aliphatic heterocycles. The van der Waals surface area contributed by atoms with Crippen LogP contribution in [-0.4, -0.2) is 42.5 Å². The van der Waals surface area contributed by atoms with Crippen molar-refractivity contribution in [3.05, 3.63) is 29.3 Å². The molecule has 0 saturated carbocycles. The molecule has 0 spiro atoms. The fraction of sp³-hybridized carbons (Fsp3) is 0.385. The average Bonchev–Trinajstić information content (AvgIpc) is 2.41. The van der Waals surface area contributed by atoms with Crippen molar-refractivity contribution in [1.82, 2.24) is 5.32 Å². The van der Waals surface area contributed by atoms with Crippen LogP contribution in [0.5, 0.6) is 0 Å². The van der Waals surface area contributed by atoms with E-state index in [0.717, 1.165) is 4.90 Å². The Hall–Kier alpha value is -1.24. The second-order valence-electron chi connectivity index (χ2n) is 3.92. The molecular formula is C13H16ClNO4S. The highest BCUT2D eigenvalue weighted by Crippen LogP contribution is 2.20. The lowest BCUT2D eigenvalue weighted by atomic mass is 10.3. The van der Waals surface area contributed by atoms with Crippen LogP contribution >= 0.6 is 23.4 Å². The number of rotatable bonds is 8. The molecule has 5 nitrogen and oxygen atoms in total. The smallest absolute Gasteiger partial charge is 0.334 e. The van der Waals surface area contributed by atoms with Gasteiger partial charge in [-0.1, -0.05) is 11.6 Å². The van der Waals surface area contributed by atoms with Crippen molar-refractivity contribution < 1.29 is 19.4 Å². The molecular weight excluding hydrogens is 302 g/mol. The minimum atomic E-state index is -1.09. The number of hydrogen-bond donors (Lipinski definition) is 2. The Kier molecular flexibility index (Phi) is 7.43. The predicted molar refractivity (Wildman–Crippen MR) is 78.2 cm³/mol. The maximum absolute atomic E-state index is 11.5. The SMILES string of the molecule is COC(CNC(=O)CCSc1ccc(Cl)cc1)C(=O)O. The molecule has 0 heterocycles. The summed E-state index contributed by atoms with van der Waals surface area (Å²) in [6, 6.07) is 7.35. The van der Waals surface area contributed by atoms with Crippen LogP contribution in [0.25, 0.3) is 0 Å². The summed E-state index contributed by atoms with van der Waals surface area (Å²) in [5.41, 5.74) is 0. The number of nitrogens with one attached hydrogen (secondary N) is 1. The average molecular weight is 318 g/mol. The Labute approximate surface area is 126 Å². The van der Waals surface area contributed by atoms with Crippen LogP contribution in [0.1, 0.15) is 6.42 Å². The van der Waals surface area contributed by atoms with Crippen LogP contribution in [0.3, 0.4) is 0 Å².